The molecule has 4 heteroatoms. The molecule has 70 valence electrons. The van der Waals surface area contributed by atoms with E-state index in [9.17, 15) is 4.79 Å². The molecule has 1 N–H and O–H groups in total. The fourth-order valence-electron chi connectivity index (χ4n) is 1.37. The van der Waals surface area contributed by atoms with Crippen molar-refractivity contribution in [2.75, 3.05) is 20.7 Å². The van der Waals surface area contributed by atoms with E-state index in [0.29, 0.717) is 0 Å². The summed E-state index contributed by atoms with van der Waals surface area (Å²) in [4.78, 5) is 16.3. The van der Waals surface area contributed by atoms with E-state index in [0.717, 1.165) is 19.4 Å². The van der Waals surface area contributed by atoms with Crippen LogP contribution in [0.1, 0.15) is 19.3 Å². The van der Waals surface area contributed by atoms with Crippen LogP contribution in [0.3, 0.4) is 0 Å². The molecule has 0 aliphatic carbocycles. The Balaban J connectivity index is 2.39. The number of rotatable bonds is 2. The van der Waals surface area contributed by atoms with Crippen molar-refractivity contribution in [3.8, 4) is 0 Å². The molecule has 0 aromatic carbocycles. The largest absolute Gasteiger partial charge is 0.306 e. The summed E-state index contributed by atoms with van der Waals surface area (Å²) in [5.74, 6) is 0.0252. The molecule has 0 radical (unpaired) electrons. The molecule has 1 heterocycles. The van der Waals surface area contributed by atoms with Gasteiger partial charge in [-0.15, -0.1) is 0 Å². The van der Waals surface area contributed by atoms with Gasteiger partial charge in [0.1, 0.15) is 0 Å². The van der Waals surface area contributed by atoms with Gasteiger partial charge in [-0.1, -0.05) is 6.42 Å². The average Bonchev–Trinajstić information content (AvgIpc) is 2.17. The van der Waals surface area contributed by atoms with E-state index < -0.39 is 0 Å². The van der Waals surface area contributed by atoms with Crippen molar-refractivity contribution in [1.29, 1.82) is 0 Å². The topological polar surface area (TPSA) is 41.6 Å². The fourth-order valence-corrected chi connectivity index (χ4v) is 1.37. The summed E-state index contributed by atoms with van der Waals surface area (Å²) in [5, 5.41) is 4.44. The quantitative estimate of drug-likeness (QED) is 0.603. The van der Waals surface area contributed by atoms with Gasteiger partial charge in [-0.25, -0.2) is 5.06 Å². The Morgan fingerprint density at radius 2 is 2.33 bits per heavy atom. The summed E-state index contributed by atoms with van der Waals surface area (Å²) in [6.07, 6.45) is 3.22. The zero-order chi connectivity index (χ0) is 8.97. The minimum absolute atomic E-state index is 0.0252. The third-order valence-electron chi connectivity index (χ3n) is 2.19. The minimum atomic E-state index is -0.0382. The van der Waals surface area contributed by atoms with Crippen molar-refractivity contribution in [3.05, 3.63) is 0 Å². The molecule has 0 saturated carbocycles. The van der Waals surface area contributed by atoms with Crippen molar-refractivity contribution < 1.29 is 9.63 Å². The van der Waals surface area contributed by atoms with Crippen molar-refractivity contribution in [2.45, 2.75) is 25.3 Å². The van der Waals surface area contributed by atoms with Gasteiger partial charge in [0.05, 0.1) is 13.2 Å². The lowest BCUT2D eigenvalue weighted by atomic mass is 10.0. The third-order valence-corrected chi connectivity index (χ3v) is 2.19. The number of hydroxylamine groups is 2. The first kappa shape index (κ1) is 9.48. The molecule has 1 fully saturated rings. The Kier molecular flexibility index (Phi) is 3.49. The maximum atomic E-state index is 11.5. The van der Waals surface area contributed by atoms with E-state index in [1.807, 2.05) is 0 Å². The van der Waals surface area contributed by atoms with Gasteiger partial charge in [-0.05, 0) is 19.4 Å². The first-order valence-corrected chi connectivity index (χ1v) is 4.30. The molecule has 0 bridgehead atoms. The minimum Gasteiger partial charge on any atom is -0.306 e. The van der Waals surface area contributed by atoms with Gasteiger partial charge in [0.25, 0.3) is 5.91 Å². The van der Waals surface area contributed by atoms with Gasteiger partial charge >= 0.3 is 0 Å². The third kappa shape index (κ3) is 2.19. The number of piperidine rings is 1. The van der Waals surface area contributed by atoms with Crippen molar-refractivity contribution in [2.24, 2.45) is 0 Å². The van der Waals surface area contributed by atoms with Crippen LogP contribution in [0, 0.1) is 0 Å². The second kappa shape index (κ2) is 4.42. The highest BCUT2D eigenvalue weighted by molar-refractivity contribution is 5.80. The monoisotopic (exact) mass is 172 g/mol. The Morgan fingerprint density at radius 1 is 1.58 bits per heavy atom. The van der Waals surface area contributed by atoms with Gasteiger partial charge in [-0.3, -0.25) is 9.63 Å². The molecule has 1 amide bonds. The van der Waals surface area contributed by atoms with Crippen molar-refractivity contribution in [1.82, 2.24) is 10.4 Å². The molecule has 0 aromatic heterocycles. The molecule has 0 aromatic rings. The molecule has 0 spiro atoms. The van der Waals surface area contributed by atoms with Gasteiger partial charge in [-0.2, -0.15) is 0 Å². The number of amides is 1. The standard InChI is InChI=1S/C8H16N2O2/c1-10(12-2)8(11)7-5-3-4-6-9-7/h7,9H,3-6H2,1-2H3/t7-/m1/s1. The summed E-state index contributed by atoms with van der Waals surface area (Å²) < 4.78 is 0. The highest BCUT2D eigenvalue weighted by Gasteiger charge is 2.23. The number of carbonyl (C=O) groups excluding carboxylic acids is 1. The summed E-state index contributed by atoms with van der Waals surface area (Å²) in [7, 11) is 3.14. The first-order chi connectivity index (χ1) is 5.75. The number of hydrogen-bond donors (Lipinski definition) is 1. The lowest BCUT2D eigenvalue weighted by Crippen LogP contribution is -2.46. The molecule has 4 nitrogen and oxygen atoms in total. The second-order valence-corrected chi connectivity index (χ2v) is 3.02. The SMILES string of the molecule is CON(C)C(=O)[C@H]1CCCCN1. The average molecular weight is 172 g/mol. The number of nitrogens with one attached hydrogen (secondary N) is 1. The number of carbonyl (C=O) groups is 1. The number of nitrogens with zero attached hydrogens (tertiary/aromatic N) is 1. The number of hydrogen-bond acceptors (Lipinski definition) is 3. The van der Waals surface area contributed by atoms with Crippen molar-refractivity contribution >= 4 is 5.91 Å². The summed E-state index contributed by atoms with van der Waals surface area (Å²) in [5.41, 5.74) is 0. The number of likely N-dealkylation sites (N-methyl/N-ethyl adjacent to an activating group) is 1. The maximum Gasteiger partial charge on any atom is 0.262 e. The van der Waals surface area contributed by atoms with Crippen LogP contribution in [0.2, 0.25) is 0 Å². The Morgan fingerprint density at radius 3 is 2.83 bits per heavy atom. The Labute approximate surface area is 72.8 Å². The van der Waals surface area contributed by atoms with Gasteiger partial charge in [0, 0.05) is 7.05 Å². The Hall–Kier alpha value is -0.610. The van der Waals surface area contributed by atoms with E-state index in [4.69, 9.17) is 4.84 Å². The molecular formula is C8H16N2O2. The maximum absolute atomic E-state index is 11.5. The zero-order valence-electron chi connectivity index (χ0n) is 7.67. The highest BCUT2D eigenvalue weighted by atomic mass is 16.7. The molecule has 12 heavy (non-hydrogen) atoms. The second-order valence-electron chi connectivity index (χ2n) is 3.02. The molecule has 1 rings (SSSR count). The lowest BCUT2D eigenvalue weighted by Gasteiger charge is -2.25. The molecule has 0 unspecified atom stereocenters. The van der Waals surface area contributed by atoms with Crippen LogP contribution in [0.5, 0.6) is 0 Å². The van der Waals surface area contributed by atoms with E-state index in [1.54, 1.807) is 7.05 Å². The predicted molar refractivity (Wildman–Crippen MR) is 45.4 cm³/mol. The molecule has 1 saturated heterocycles. The fraction of sp³-hybridized carbons (Fsp3) is 0.875. The molecular weight excluding hydrogens is 156 g/mol. The van der Waals surface area contributed by atoms with E-state index >= 15 is 0 Å². The molecule has 1 aliphatic rings. The van der Waals surface area contributed by atoms with Crippen LogP contribution >= 0.6 is 0 Å². The predicted octanol–water partition coefficient (Wildman–Crippen LogP) is 0.148. The van der Waals surface area contributed by atoms with Gasteiger partial charge < -0.3 is 5.32 Å². The van der Waals surface area contributed by atoms with Crippen LogP contribution in [0.4, 0.5) is 0 Å². The Bertz CT molecular complexity index is 155. The van der Waals surface area contributed by atoms with Crippen LogP contribution in [0.25, 0.3) is 0 Å². The van der Waals surface area contributed by atoms with Gasteiger partial charge in [0.15, 0.2) is 0 Å². The van der Waals surface area contributed by atoms with Gasteiger partial charge in [0.2, 0.25) is 0 Å². The zero-order valence-corrected chi connectivity index (χ0v) is 7.67. The molecule has 1 atom stereocenters. The summed E-state index contributed by atoms with van der Waals surface area (Å²) in [6, 6.07) is -0.0382. The highest BCUT2D eigenvalue weighted by Crippen LogP contribution is 2.08. The molecule has 1 aliphatic heterocycles. The van der Waals surface area contributed by atoms with Crippen LogP contribution in [-0.4, -0.2) is 37.7 Å². The lowest BCUT2D eigenvalue weighted by molar-refractivity contribution is -0.171. The van der Waals surface area contributed by atoms with Crippen molar-refractivity contribution in [3.63, 3.8) is 0 Å². The van der Waals surface area contributed by atoms with E-state index in [2.05, 4.69) is 5.32 Å². The van der Waals surface area contributed by atoms with Crippen LogP contribution < -0.4 is 5.32 Å². The first-order valence-electron chi connectivity index (χ1n) is 4.30. The smallest absolute Gasteiger partial charge is 0.262 e. The van der Waals surface area contributed by atoms with Crippen LogP contribution in [-0.2, 0) is 9.63 Å². The normalized spacial score (nSPS) is 23.7. The summed E-state index contributed by atoms with van der Waals surface area (Å²) >= 11 is 0. The summed E-state index contributed by atoms with van der Waals surface area (Å²) in [6.45, 7) is 0.938. The van der Waals surface area contributed by atoms with E-state index in [-0.39, 0.29) is 11.9 Å². The van der Waals surface area contributed by atoms with Crippen LogP contribution in [0.15, 0.2) is 0 Å². The van der Waals surface area contributed by atoms with E-state index in [1.165, 1.54) is 18.6 Å².